The summed E-state index contributed by atoms with van der Waals surface area (Å²) in [5.41, 5.74) is 0.631. The predicted molar refractivity (Wildman–Crippen MR) is 74.6 cm³/mol. The molecule has 0 aliphatic heterocycles. The van der Waals surface area contributed by atoms with E-state index in [9.17, 15) is 14.9 Å². The monoisotopic (exact) mass is 290 g/mol. The van der Waals surface area contributed by atoms with Gasteiger partial charge in [0.2, 0.25) is 0 Å². The van der Waals surface area contributed by atoms with E-state index in [1.54, 1.807) is 6.08 Å². The van der Waals surface area contributed by atoms with Gasteiger partial charge in [0.15, 0.2) is 0 Å². The van der Waals surface area contributed by atoms with Crippen LogP contribution in [0.5, 0.6) is 5.75 Å². The van der Waals surface area contributed by atoms with Crippen molar-refractivity contribution >= 4 is 29.1 Å². The van der Waals surface area contributed by atoms with Crippen molar-refractivity contribution in [3.63, 3.8) is 0 Å². The Hall–Kier alpha value is -2.54. The number of hydrogen-bond donors (Lipinski definition) is 0. The number of thiazole rings is 1. The Bertz CT molecular complexity index is 661. The second kappa shape index (κ2) is 6.07. The maximum absolute atomic E-state index is 11.5. The number of ether oxygens (including phenoxy) is 1. The number of non-ortho nitro benzene ring substituents is 1. The van der Waals surface area contributed by atoms with Crippen LogP contribution in [-0.2, 0) is 4.79 Å². The first-order valence-corrected chi connectivity index (χ1v) is 6.49. The molecule has 102 valence electrons. The Labute approximate surface area is 118 Å². The van der Waals surface area contributed by atoms with Crippen LogP contribution in [0.1, 0.15) is 10.7 Å². The van der Waals surface area contributed by atoms with E-state index >= 15 is 0 Å². The van der Waals surface area contributed by atoms with Gasteiger partial charge in [-0.1, -0.05) is 0 Å². The third kappa shape index (κ3) is 3.72. The van der Waals surface area contributed by atoms with E-state index in [1.807, 2.05) is 12.3 Å². The standard InChI is InChI=1S/C13H10N2O4S/c1-9-14-10(8-20-9)2-7-13(16)19-12-5-3-11(4-6-12)15(17)18/h2-8H,1H3/b7-2+. The number of hydrogen-bond acceptors (Lipinski definition) is 6. The minimum absolute atomic E-state index is 0.0571. The topological polar surface area (TPSA) is 82.3 Å². The maximum atomic E-state index is 11.5. The number of carbonyl (C=O) groups is 1. The van der Waals surface area contributed by atoms with E-state index in [2.05, 4.69) is 4.98 Å². The molecular weight excluding hydrogens is 280 g/mol. The zero-order valence-corrected chi connectivity index (χ0v) is 11.3. The zero-order chi connectivity index (χ0) is 14.5. The lowest BCUT2D eigenvalue weighted by molar-refractivity contribution is -0.384. The van der Waals surface area contributed by atoms with Gasteiger partial charge >= 0.3 is 5.97 Å². The van der Waals surface area contributed by atoms with Crippen LogP contribution in [0.4, 0.5) is 5.69 Å². The lowest BCUT2D eigenvalue weighted by atomic mass is 10.3. The van der Waals surface area contributed by atoms with Crippen molar-refractivity contribution < 1.29 is 14.5 Å². The molecule has 6 nitrogen and oxygen atoms in total. The summed E-state index contributed by atoms with van der Waals surface area (Å²) >= 11 is 1.49. The molecule has 0 bridgehead atoms. The minimum Gasteiger partial charge on any atom is -0.423 e. The highest BCUT2D eigenvalue weighted by Crippen LogP contribution is 2.17. The van der Waals surface area contributed by atoms with Crippen LogP contribution in [0.25, 0.3) is 6.08 Å². The fourth-order valence-corrected chi connectivity index (χ4v) is 1.98. The summed E-state index contributed by atoms with van der Waals surface area (Å²) in [6, 6.07) is 5.29. The number of nitrogens with zero attached hydrogens (tertiary/aromatic N) is 2. The summed E-state index contributed by atoms with van der Waals surface area (Å²) in [6.07, 6.45) is 2.81. The molecule has 0 fully saturated rings. The Morgan fingerprint density at radius 1 is 1.40 bits per heavy atom. The molecular formula is C13H10N2O4S. The number of aryl methyl sites for hydroxylation is 1. The SMILES string of the molecule is Cc1nc(/C=C/C(=O)Oc2ccc([N+](=O)[O-])cc2)cs1. The normalized spacial score (nSPS) is 10.7. The Kier molecular flexibility index (Phi) is 4.21. The number of nitro benzene ring substituents is 1. The second-order valence-electron chi connectivity index (χ2n) is 3.80. The molecule has 0 N–H and O–H groups in total. The van der Waals surface area contributed by atoms with Gasteiger partial charge in [-0.3, -0.25) is 10.1 Å². The highest BCUT2D eigenvalue weighted by Gasteiger charge is 2.06. The van der Waals surface area contributed by atoms with Crippen molar-refractivity contribution in [3.05, 3.63) is 56.5 Å². The average molecular weight is 290 g/mol. The van der Waals surface area contributed by atoms with Crippen LogP contribution in [0.3, 0.4) is 0 Å². The average Bonchev–Trinajstić information content (AvgIpc) is 2.83. The Morgan fingerprint density at radius 3 is 2.65 bits per heavy atom. The van der Waals surface area contributed by atoms with Gasteiger partial charge in [-0.25, -0.2) is 9.78 Å². The van der Waals surface area contributed by atoms with Crippen LogP contribution in [-0.4, -0.2) is 15.9 Å². The fraction of sp³-hybridized carbons (Fsp3) is 0.0769. The molecule has 2 rings (SSSR count). The number of aromatic nitrogens is 1. The molecule has 0 saturated heterocycles. The van der Waals surface area contributed by atoms with Gasteiger partial charge in [-0.2, -0.15) is 0 Å². The number of esters is 1. The molecule has 0 saturated carbocycles. The number of nitro groups is 1. The van der Waals surface area contributed by atoms with Gasteiger partial charge in [0.05, 0.1) is 15.6 Å². The first-order valence-electron chi connectivity index (χ1n) is 5.61. The zero-order valence-electron chi connectivity index (χ0n) is 10.5. The van der Waals surface area contributed by atoms with Crippen molar-refractivity contribution in [2.45, 2.75) is 6.92 Å². The van der Waals surface area contributed by atoms with E-state index in [0.29, 0.717) is 5.69 Å². The minimum atomic E-state index is -0.565. The van der Waals surface area contributed by atoms with Crippen LogP contribution < -0.4 is 4.74 Å². The molecule has 1 aromatic carbocycles. The summed E-state index contributed by atoms with van der Waals surface area (Å²) in [4.78, 5) is 25.7. The molecule has 0 aliphatic rings. The summed E-state index contributed by atoms with van der Waals surface area (Å²) < 4.78 is 5.00. The van der Waals surface area contributed by atoms with E-state index in [0.717, 1.165) is 5.01 Å². The van der Waals surface area contributed by atoms with E-state index in [1.165, 1.54) is 41.7 Å². The second-order valence-corrected chi connectivity index (χ2v) is 4.86. The van der Waals surface area contributed by atoms with E-state index in [4.69, 9.17) is 4.74 Å². The van der Waals surface area contributed by atoms with Gasteiger partial charge in [0.1, 0.15) is 5.75 Å². The van der Waals surface area contributed by atoms with Crippen molar-refractivity contribution in [1.29, 1.82) is 0 Å². The Balaban J connectivity index is 1.97. The molecule has 0 amide bonds. The maximum Gasteiger partial charge on any atom is 0.336 e. The molecule has 1 aromatic heterocycles. The lowest BCUT2D eigenvalue weighted by Gasteiger charge is -1.99. The predicted octanol–water partition coefficient (Wildman–Crippen LogP) is 2.98. The molecule has 0 atom stereocenters. The van der Waals surface area contributed by atoms with E-state index in [-0.39, 0.29) is 11.4 Å². The van der Waals surface area contributed by atoms with Crippen LogP contribution in [0.2, 0.25) is 0 Å². The van der Waals surface area contributed by atoms with Crippen molar-refractivity contribution in [3.8, 4) is 5.75 Å². The first-order chi connectivity index (χ1) is 9.54. The highest BCUT2D eigenvalue weighted by molar-refractivity contribution is 7.09. The first kappa shape index (κ1) is 13.9. The van der Waals surface area contributed by atoms with Gasteiger partial charge < -0.3 is 4.74 Å². The molecule has 0 aliphatic carbocycles. The molecule has 2 aromatic rings. The number of rotatable bonds is 4. The molecule has 0 radical (unpaired) electrons. The van der Waals surface area contributed by atoms with Gasteiger partial charge in [0.25, 0.3) is 5.69 Å². The molecule has 0 spiro atoms. The quantitative estimate of drug-likeness (QED) is 0.284. The van der Waals surface area contributed by atoms with Gasteiger partial charge in [-0.05, 0) is 25.1 Å². The number of benzene rings is 1. The molecule has 20 heavy (non-hydrogen) atoms. The largest absolute Gasteiger partial charge is 0.423 e. The highest BCUT2D eigenvalue weighted by atomic mass is 32.1. The van der Waals surface area contributed by atoms with Crippen LogP contribution in [0.15, 0.2) is 35.7 Å². The van der Waals surface area contributed by atoms with Crippen molar-refractivity contribution in [2.75, 3.05) is 0 Å². The van der Waals surface area contributed by atoms with E-state index < -0.39 is 10.9 Å². The van der Waals surface area contributed by atoms with Crippen LogP contribution in [0, 0.1) is 17.0 Å². The summed E-state index contributed by atoms with van der Waals surface area (Å²) in [7, 11) is 0. The third-order valence-corrected chi connectivity index (χ3v) is 3.08. The van der Waals surface area contributed by atoms with Gasteiger partial charge in [-0.15, -0.1) is 11.3 Å². The Morgan fingerprint density at radius 2 is 2.10 bits per heavy atom. The number of carbonyl (C=O) groups excluding carboxylic acids is 1. The molecule has 1 heterocycles. The van der Waals surface area contributed by atoms with Crippen molar-refractivity contribution in [2.24, 2.45) is 0 Å². The van der Waals surface area contributed by atoms with Crippen LogP contribution >= 0.6 is 11.3 Å². The fourth-order valence-electron chi connectivity index (χ4n) is 1.40. The summed E-state index contributed by atoms with van der Waals surface area (Å²) in [5.74, 6) is -0.316. The summed E-state index contributed by atoms with van der Waals surface area (Å²) in [5, 5.41) is 13.2. The smallest absolute Gasteiger partial charge is 0.336 e. The summed E-state index contributed by atoms with van der Waals surface area (Å²) in [6.45, 7) is 1.87. The van der Waals surface area contributed by atoms with Gasteiger partial charge in [0, 0.05) is 23.6 Å². The lowest BCUT2D eigenvalue weighted by Crippen LogP contribution is -2.03. The molecule has 7 heteroatoms. The van der Waals surface area contributed by atoms with Crippen molar-refractivity contribution in [1.82, 2.24) is 4.98 Å². The third-order valence-electron chi connectivity index (χ3n) is 2.29. The molecule has 0 unspecified atom stereocenters.